The Labute approximate surface area is 133 Å². The van der Waals surface area contributed by atoms with Crippen molar-refractivity contribution in [3.05, 3.63) is 34.3 Å². The number of carbonyl (C=O) groups is 1. The molecule has 0 saturated carbocycles. The Hall–Kier alpha value is -1.41. The molecule has 2 aromatic rings. The Kier molecular flexibility index (Phi) is 5.00. The number of benzene rings is 1. The third-order valence-corrected chi connectivity index (χ3v) is 4.23. The van der Waals surface area contributed by atoms with Gasteiger partial charge in [-0.2, -0.15) is 0 Å². The molecular weight excluding hydrogens is 361 g/mol. The molecule has 1 aromatic heterocycles. The molecule has 0 bridgehead atoms. The maximum absolute atomic E-state index is 13.5. The minimum atomic E-state index is -0.945. The van der Waals surface area contributed by atoms with Crippen LogP contribution in [0.2, 0.25) is 0 Å². The normalized spacial score (nSPS) is 11.1. The van der Waals surface area contributed by atoms with Crippen molar-refractivity contribution in [3.8, 4) is 5.69 Å². The van der Waals surface area contributed by atoms with Crippen molar-refractivity contribution < 1.29 is 14.3 Å². The molecule has 0 unspecified atom stereocenters. The van der Waals surface area contributed by atoms with Crippen molar-refractivity contribution in [2.24, 2.45) is 0 Å². The highest BCUT2D eigenvalue weighted by molar-refractivity contribution is 9.10. The molecule has 1 N–H and O–H groups in total. The lowest BCUT2D eigenvalue weighted by Crippen LogP contribution is -2.07. The van der Waals surface area contributed by atoms with Crippen LogP contribution in [0.25, 0.3) is 5.69 Å². The molecule has 21 heavy (non-hydrogen) atoms. The van der Waals surface area contributed by atoms with Crippen LogP contribution in [0.3, 0.4) is 0 Å². The first-order valence-corrected chi connectivity index (χ1v) is 7.93. The van der Waals surface area contributed by atoms with Crippen molar-refractivity contribution >= 4 is 33.7 Å². The number of hydrogen-bond donors (Lipinski definition) is 1. The number of aromatic nitrogens is 3. The number of nitrogens with zero attached hydrogens (tertiary/aromatic N) is 3. The van der Waals surface area contributed by atoms with Gasteiger partial charge >= 0.3 is 5.97 Å². The van der Waals surface area contributed by atoms with Crippen LogP contribution in [-0.4, -0.2) is 31.6 Å². The van der Waals surface area contributed by atoms with Crippen molar-refractivity contribution in [2.75, 3.05) is 5.75 Å². The van der Waals surface area contributed by atoms with Crippen molar-refractivity contribution in [3.63, 3.8) is 0 Å². The molecule has 0 spiro atoms. The zero-order valence-electron chi connectivity index (χ0n) is 11.4. The van der Waals surface area contributed by atoms with Crippen LogP contribution in [0.4, 0.5) is 4.39 Å². The summed E-state index contributed by atoms with van der Waals surface area (Å²) in [6.45, 7) is 3.89. The summed E-state index contributed by atoms with van der Waals surface area (Å²) in [5.74, 6) is -0.755. The molecule has 0 aliphatic carbocycles. The fourth-order valence-electron chi connectivity index (χ4n) is 1.76. The quantitative estimate of drug-likeness (QED) is 0.812. The van der Waals surface area contributed by atoms with Gasteiger partial charge in [0.2, 0.25) is 0 Å². The molecule has 1 heterocycles. The average Bonchev–Trinajstić information content (AvgIpc) is 2.83. The average molecular weight is 374 g/mol. The van der Waals surface area contributed by atoms with Crippen molar-refractivity contribution in [2.45, 2.75) is 24.9 Å². The van der Waals surface area contributed by atoms with E-state index in [1.165, 1.54) is 12.1 Å². The van der Waals surface area contributed by atoms with E-state index in [0.29, 0.717) is 21.1 Å². The summed E-state index contributed by atoms with van der Waals surface area (Å²) in [5, 5.41) is 17.3. The summed E-state index contributed by atoms with van der Waals surface area (Å²) in [4.78, 5) is 10.7. The van der Waals surface area contributed by atoms with Gasteiger partial charge in [0.15, 0.2) is 5.16 Å². The number of carboxylic acid groups (broad SMARTS) is 1. The van der Waals surface area contributed by atoms with Gasteiger partial charge in [-0.3, -0.25) is 9.36 Å². The van der Waals surface area contributed by atoms with Gasteiger partial charge in [-0.15, -0.1) is 10.2 Å². The SMILES string of the molecule is CC(C)c1nnc(SCC(=O)O)n1-c1cc(F)ccc1Br. The lowest BCUT2D eigenvalue weighted by Gasteiger charge is -2.13. The molecule has 8 heteroatoms. The molecule has 0 aliphatic heterocycles. The second-order valence-corrected chi connectivity index (χ2v) is 6.41. The molecule has 0 aliphatic rings. The van der Waals surface area contributed by atoms with E-state index >= 15 is 0 Å². The van der Waals surface area contributed by atoms with E-state index in [9.17, 15) is 9.18 Å². The van der Waals surface area contributed by atoms with Gasteiger partial charge in [0, 0.05) is 10.4 Å². The Morgan fingerprint density at radius 3 is 2.81 bits per heavy atom. The van der Waals surface area contributed by atoms with Crippen molar-refractivity contribution in [1.82, 2.24) is 14.8 Å². The fourth-order valence-corrected chi connectivity index (χ4v) is 2.85. The molecule has 1 aromatic carbocycles. The maximum atomic E-state index is 13.5. The largest absolute Gasteiger partial charge is 0.481 e. The van der Waals surface area contributed by atoms with Crippen LogP contribution in [0.5, 0.6) is 0 Å². The van der Waals surface area contributed by atoms with Gasteiger partial charge in [0.05, 0.1) is 11.4 Å². The Morgan fingerprint density at radius 1 is 1.48 bits per heavy atom. The number of rotatable bonds is 5. The highest BCUT2D eigenvalue weighted by atomic mass is 79.9. The van der Waals surface area contributed by atoms with E-state index in [1.807, 2.05) is 13.8 Å². The van der Waals surface area contributed by atoms with Gasteiger partial charge in [-0.25, -0.2) is 4.39 Å². The molecule has 0 saturated heterocycles. The number of halogens is 2. The summed E-state index contributed by atoms with van der Waals surface area (Å²) < 4.78 is 15.9. The minimum Gasteiger partial charge on any atom is -0.481 e. The van der Waals surface area contributed by atoms with Crippen LogP contribution >= 0.6 is 27.7 Å². The molecule has 5 nitrogen and oxygen atoms in total. The number of aliphatic carboxylic acids is 1. The lowest BCUT2D eigenvalue weighted by atomic mass is 10.2. The Balaban J connectivity index is 2.55. The molecular formula is C13H13BrFN3O2S. The van der Waals surface area contributed by atoms with E-state index in [4.69, 9.17) is 5.11 Å². The molecule has 2 rings (SSSR count). The fraction of sp³-hybridized carbons (Fsp3) is 0.308. The molecule has 0 fully saturated rings. The third kappa shape index (κ3) is 3.62. The van der Waals surface area contributed by atoms with Gasteiger partial charge in [-0.05, 0) is 34.1 Å². The maximum Gasteiger partial charge on any atom is 0.313 e. The number of thioether (sulfide) groups is 1. The topological polar surface area (TPSA) is 68.0 Å². The standard InChI is InChI=1S/C13H13BrFN3O2S/c1-7(2)12-16-17-13(21-6-11(19)20)18(12)10-5-8(15)3-4-9(10)14/h3-5,7H,6H2,1-2H3,(H,19,20). The van der Waals surface area contributed by atoms with E-state index in [0.717, 1.165) is 11.8 Å². The summed E-state index contributed by atoms with van der Waals surface area (Å²) in [6, 6.07) is 4.31. The van der Waals surface area contributed by atoms with E-state index in [1.54, 1.807) is 10.6 Å². The second kappa shape index (κ2) is 6.57. The zero-order chi connectivity index (χ0) is 15.6. The molecule has 0 atom stereocenters. The highest BCUT2D eigenvalue weighted by Gasteiger charge is 2.19. The van der Waals surface area contributed by atoms with Crippen LogP contribution in [-0.2, 0) is 4.79 Å². The van der Waals surface area contributed by atoms with Crippen LogP contribution in [0, 0.1) is 5.82 Å². The Morgan fingerprint density at radius 2 is 2.19 bits per heavy atom. The predicted molar refractivity (Wildman–Crippen MR) is 81.5 cm³/mol. The smallest absolute Gasteiger partial charge is 0.313 e. The Bertz CT molecular complexity index is 675. The monoisotopic (exact) mass is 373 g/mol. The molecule has 0 amide bonds. The van der Waals surface area contributed by atoms with E-state index in [-0.39, 0.29) is 17.5 Å². The van der Waals surface area contributed by atoms with Crippen molar-refractivity contribution in [1.29, 1.82) is 0 Å². The van der Waals surface area contributed by atoms with Gasteiger partial charge in [0.1, 0.15) is 11.6 Å². The van der Waals surface area contributed by atoms with Gasteiger partial charge < -0.3 is 5.11 Å². The number of hydrogen-bond acceptors (Lipinski definition) is 4. The first-order chi connectivity index (χ1) is 9.90. The minimum absolute atomic E-state index is 0.0619. The van der Waals surface area contributed by atoms with Gasteiger partial charge in [0.25, 0.3) is 0 Å². The van der Waals surface area contributed by atoms with Crippen LogP contribution in [0.15, 0.2) is 27.8 Å². The van der Waals surface area contributed by atoms with Crippen LogP contribution in [0.1, 0.15) is 25.6 Å². The predicted octanol–water partition coefficient (Wildman–Crippen LogP) is 3.47. The highest BCUT2D eigenvalue weighted by Crippen LogP contribution is 2.30. The van der Waals surface area contributed by atoms with Gasteiger partial charge in [-0.1, -0.05) is 25.6 Å². The second-order valence-electron chi connectivity index (χ2n) is 4.61. The summed E-state index contributed by atoms with van der Waals surface area (Å²) in [5.41, 5.74) is 0.552. The van der Waals surface area contributed by atoms with E-state index in [2.05, 4.69) is 26.1 Å². The zero-order valence-corrected chi connectivity index (χ0v) is 13.8. The third-order valence-electron chi connectivity index (χ3n) is 2.65. The van der Waals surface area contributed by atoms with Crippen LogP contribution < -0.4 is 0 Å². The summed E-state index contributed by atoms with van der Waals surface area (Å²) >= 11 is 4.43. The van der Waals surface area contributed by atoms with E-state index < -0.39 is 5.97 Å². The lowest BCUT2D eigenvalue weighted by molar-refractivity contribution is -0.133. The molecule has 112 valence electrons. The summed E-state index contributed by atoms with van der Waals surface area (Å²) in [6.07, 6.45) is 0. The first kappa shape index (κ1) is 16.0. The number of carboxylic acids is 1. The summed E-state index contributed by atoms with van der Waals surface area (Å²) in [7, 11) is 0. The molecule has 0 radical (unpaired) electrons. The first-order valence-electron chi connectivity index (χ1n) is 6.15.